The van der Waals surface area contributed by atoms with Gasteiger partial charge in [-0.3, -0.25) is 9.36 Å². The molecule has 1 radical (unpaired) electrons. The van der Waals surface area contributed by atoms with Crippen molar-refractivity contribution < 1.29 is 29.2 Å². The third kappa shape index (κ3) is 5.78. The van der Waals surface area contributed by atoms with E-state index in [1.165, 1.54) is 12.7 Å². The first-order valence-electron chi connectivity index (χ1n) is 15.7. The molecule has 0 saturated carbocycles. The molecule has 49 heavy (non-hydrogen) atoms. The molecule has 3 atom stereocenters. The van der Waals surface area contributed by atoms with Crippen LogP contribution in [0, 0.1) is 6.10 Å². The molecule has 1 unspecified atom stereocenters. The summed E-state index contributed by atoms with van der Waals surface area (Å²) in [7, 11) is 3.20. The Morgan fingerprint density at radius 2 is 1.41 bits per heavy atom. The second-order valence-electron chi connectivity index (χ2n) is 11.6. The first kappa shape index (κ1) is 32.0. The Bertz CT molecular complexity index is 1990. The molecule has 247 valence electrons. The number of aliphatic hydroxyl groups excluding tert-OH is 2. The standard InChI is InChI=1S/C38H34N5O6/c1-47-28-17-13-26(14-18-28)38(25-11-7-4-8-12-25,27-15-19-29(48-2)20-16-27)34(45)33-30(44)21-31(49-33)43-23-41-32-35(39-22-40-36(32)43)42-37(46)24-9-5-3-6-10-24/h3-20,22-23,31,33-34,44-45H,21H2,1-2H3,(H,39,40,42,46)/t31-,33+,34?/m1/s1. The molecular weight excluding hydrogens is 622 g/mol. The number of aromatic nitrogens is 4. The number of carbonyl (C=O) groups is 1. The zero-order valence-corrected chi connectivity index (χ0v) is 26.8. The third-order valence-electron chi connectivity index (χ3n) is 9.00. The molecule has 2 aromatic heterocycles. The predicted octanol–water partition coefficient (Wildman–Crippen LogP) is 5.68. The summed E-state index contributed by atoms with van der Waals surface area (Å²) in [6.07, 6.45) is -0.302. The summed E-state index contributed by atoms with van der Waals surface area (Å²) in [6.45, 7) is 0. The van der Waals surface area contributed by atoms with Crippen molar-refractivity contribution in [3.63, 3.8) is 0 Å². The Hall–Kier alpha value is -5.62. The molecule has 1 amide bonds. The first-order valence-corrected chi connectivity index (χ1v) is 15.7. The summed E-state index contributed by atoms with van der Waals surface area (Å²) in [5.41, 5.74) is 2.33. The van der Waals surface area contributed by atoms with Crippen LogP contribution < -0.4 is 14.8 Å². The lowest BCUT2D eigenvalue weighted by Crippen LogP contribution is -2.50. The number of nitrogens with zero attached hydrogens (tertiary/aromatic N) is 4. The number of hydrogen-bond acceptors (Lipinski definition) is 9. The van der Waals surface area contributed by atoms with Gasteiger partial charge in [0.1, 0.15) is 42.4 Å². The Morgan fingerprint density at radius 1 is 0.837 bits per heavy atom. The minimum absolute atomic E-state index is 0.0339. The van der Waals surface area contributed by atoms with Crippen LogP contribution in [0.5, 0.6) is 11.5 Å². The van der Waals surface area contributed by atoms with Crippen LogP contribution in [-0.4, -0.2) is 62.1 Å². The number of amides is 1. The number of carbonyl (C=O) groups excluding carboxylic acids is 1. The van der Waals surface area contributed by atoms with Crippen molar-refractivity contribution in [2.45, 2.75) is 30.3 Å². The summed E-state index contributed by atoms with van der Waals surface area (Å²) < 4.78 is 19.1. The van der Waals surface area contributed by atoms with Gasteiger partial charge in [0.25, 0.3) is 5.91 Å². The van der Waals surface area contributed by atoms with E-state index in [2.05, 4.69) is 20.3 Å². The van der Waals surface area contributed by atoms with E-state index in [0.29, 0.717) is 28.2 Å². The smallest absolute Gasteiger partial charge is 0.256 e. The summed E-state index contributed by atoms with van der Waals surface area (Å²) >= 11 is 0. The monoisotopic (exact) mass is 656 g/mol. The maximum Gasteiger partial charge on any atom is 0.256 e. The van der Waals surface area contributed by atoms with E-state index in [0.717, 1.165) is 16.7 Å². The minimum atomic E-state index is -1.31. The van der Waals surface area contributed by atoms with Crippen molar-refractivity contribution in [1.29, 1.82) is 0 Å². The molecule has 11 nitrogen and oxygen atoms in total. The van der Waals surface area contributed by atoms with Gasteiger partial charge in [-0.1, -0.05) is 72.8 Å². The van der Waals surface area contributed by atoms with E-state index in [4.69, 9.17) is 14.2 Å². The molecule has 0 bridgehead atoms. The Morgan fingerprint density at radius 3 is 2.00 bits per heavy atom. The van der Waals surface area contributed by atoms with Crippen LogP contribution >= 0.6 is 0 Å². The molecule has 7 rings (SSSR count). The summed E-state index contributed by atoms with van der Waals surface area (Å²) in [5, 5.41) is 27.0. The molecule has 0 spiro atoms. The number of anilines is 1. The SMILES string of the molecule is COc1ccc(C(c2ccccc2)(c2ccc(OC)cc2)C(O)[C@H]2O[C@@H](n3cnc4c(NC(=O)c5ccccc5)ncnc43)C[C]2O)cc1. The van der Waals surface area contributed by atoms with E-state index in [1.807, 2.05) is 84.9 Å². The lowest BCUT2D eigenvalue weighted by atomic mass is 9.64. The maximum atomic E-state index is 12.9. The van der Waals surface area contributed by atoms with Crippen molar-refractivity contribution in [2.24, 2.45) is 0 Å². The number of aliphatic hydroxyl groups is 2. The van der Waals surface area contributed by atoms with Gasteiger partial charge < -0.3 is 29.7 Å². The third-order valence-corrected chi connectivity index (χ3v) is 9.00. The van der Waals surface area contributed by atoms with Gasteiger partial charge in [-0.25, -0.2) is 15.0 Å². The molecule has 3 N–H and O–H groups in total. The van der Waals surface area contributed by atoms with Gasteiger partial charge in [0, 0.05) is 12.0 Å². The number of imidazole rings is 1. The second-order valence-corrected chi connectivity index (χ2v) is 11.6. The van der Waals surface area contributed by atoms with Gasteiger partial charge >= 0.3 is 0 Å². The van der Waals surface area contributed by atoms with Crippen LogP contribution in [0.3, 0.4) is 0 Å². The highest BCUT2D eigenvalue weighted by molar-refractivity contribution is 6.06. The molecule has 11 heteroatoms. The molecule has 1 aliphatic heterocycles. The molecule has 1 fully saturated rings. The zero-order valence-electron chi connectivity index (χ0n) is 26.8. The average molecular weight is 657 g/mol. The number of nitrogens with one attached hydrogen (secondary N) is 1. The van der Waals surface area contributed by atoms with Gasteiger partial charge in [0.05, 0.1) is 26.0 Å². The van der Waals surface area contributed by atoms with E-state index in [9.17, 15) is 15.0 Å². The van der Waals surface area contributed by atoms with E-state index < -0.39 is 23.9 Å². The van der Waals surface area contributed by atoms with Gasteiger partial charge in [-0.15, -0.1) is 0 Å². The predicted molar refractivity (Wildman–Crippen MR) is 182 cm³/mol. The Kier molecular flexibility index (Phi) is 8.79. The molecule has 4 aromatic carbocycles. The van der Waals surface area contributed by atoms with Crippen molar-refractivity contribution >= 4 is 22.9 Å². The van der Waals surface area contributed by atoms with Gasteiger partial charge in [-0.05, 0) is 53.1 Å². The highest BCUT2D eigenvalue weighted by Crippen LogP contribution is 2.48. The van der Waals surface area contributed by atoms with Gasteiger partial charge in [0.15, 0.2) is 17.0 Å². The number of fused-ring (bicyclic) bond motifs is 1. The number of hydrogen-bond donors (Lipinski definition) is 3. The Balaban J connectivity index is 1.27. The molecule has 0 aliphatic carbocycles. The largest absolute Gasteiger partial charge is 0.497 e. The molecule has 3 heterocycles. The molecule has 1 aliphatic rings. The van der Waals surface area contributed by atoms with Crippen LogP contribution in [0.25, 0.3) is 11.2 Å². The number of ether oxygens (including phenoxy) is 3. The molecule has 6 aromatic rings. The quantitative estimate of drug-likeness (QED) is 0.159. The number of rotatable bonds is 10. The fraction of sp³-hybridized carbons (Fsp3) is 0.184. The fourth-order valence-electron chi connectivity index (χ4n) is 6.58. The van der Waals surface area contributed by atoms with Crippen LogP contribution in [0.2, 0.25) is 0 Å². The van der Waals surface area contributed by atoms with Gasteiger partial charge in [0.2, 0.25) is 0 Å². The maximum absolute atomic E-state index is 12.9. The highest BCUT2D eigenvalue weighted by Gasteiger charge is 2.52. The fourth-order valence-corrected chi connectivity index (χ4v) is 6.58. The summed E-state index contributed by atoms with van der Waals surface area (Å²) in [5.74, 6) is 1.22. The van der Waals surface area contributed by atoms with Crippen molar-refractivity contribution in [3.8, 4) is 11.5 Å². The number of benzene rings is 4. The second kappa shape index (κ2) is 13.5. The lowest BCUT2D eigenvalue weighted by Gasteiger charge is -2.42. The normalized spacial score (nSPS) is 17.1. The molecule has 1 saturated heterocycles. The van der Waals surface area contributed by atoms with Crippen LogP contribution in [0.1, 0.15) is 39.7 Å². The molecular formula is C38H34N5O6. The van der Waals surface area contributed by atoms with Crippen molar-refractivity contribution in [3.05, 3.63) is 150 Å². The van der Waals surface area contributed by atoms with E-state index >= 15 is 0 Å². The summed E-state index contributed by atoms with van der Waals surface area (Å²) in [6, 6.07) is 33.5. The zero-order chi connectivity index (χ0) is 34.0. The van der Waals surface area contributed by atoms with Crippen molar-refractivity contribution in [2.75, 3.05) is 19.5 Å². The van der Waals surface area contributed by atoms with Crippen LogP contribution in [-0.2, 0) is 10.2 Å². The van der Waals surface area contributed by atoms with Gasteiger partial charge in [-0.2, -0.15) is 0 Å². The average Bonchev–Trinajstić information content (AvgIpc) is 3.77. The van der Waals surface area contributed by atoms with Crippen LogP contribution in [0.4, 0.5) is 5.82 Å². The lowest BCUT2D eigenvalue weighted by molar-refractivity contribution is -0.0796. The van der Waals surface area contributed by atoms with E-state index in [1.54, 1.807) is 43.1 Å². The minimum Gasteiger partial charge on any atom is -0.497 e. The highest BCUT2D eigenvalue weighted by atomic mass is 16.5. The first-order chi connectivity index (χ1) is 23.9. The summed E-state index contributed by atoms with van der Waals surface area (Å²) in [4.78, 5) is 26.1. The van der Waals surface area contributed by atoms with E-state index in [-0.39, 0.29) is 24.2 Å². The van der Waals surface area contributed by atoms with Crippen LogP contribution in [0.15, 0.2) is 122 Å². The van der Waals surface area contributed by atoms with Crippen molar-refractivity contribution in [1.82, 2.24) is 19.5 Å². The topological polar surface area (TPSA) is 141 Å². The Labute approximate surface area is 282 Å². The number of methoxy groups -OCH3 is 2.